The third-order valence-electron chi connectivity index (χ3n) is 11.3. The normalized spacial score (nSPS) is 24.9. The molecule has 4 aliphatic heterocycles. The Balaban J connectivity index is 0.000000220. The standard InChI is InChI=1S/C18H36N2.C17H35N3/c1-15(2)18-8-11-19(12-9-18)10-5-17-6-13-20(14-7-17)16(3)4;1-15(2)17-5-7-18(8-6-17)9-10-19-11-13-20(14-12-19)16(3)4/h15-18H,5-14H2,1-4H3;15-17H,5-14H2,1-4H3. The van der Waals surface area contributed by atoms with Crippen LogP contribution in [0.1, 0.15) is 100 Å². The van der Waals surface area contributed by atoms with E-state index in [9.17, 15) is 0 Å². The van der Waals surface area contributed by atoms with Gasteiger partial charge in [-0.3, -0.25) is 9.80 Å². The summed E-state index contributed by atoms with van der Waals surface area (Å²) in [4.78, 5) is 13.3. The number of piperidine rings is 3. The van der Waals surface area contributed by atoms with Gasteiger partial charge in [-0.1, -0.05) is 27.7 Å². The Bertz CT molecular complexity index is 520. The first-order valence-electron chi connectivity index (χ1n) is 17.8. The molecule has 0 aliphatic carbocycles. The van der Waals surface area contributed by atoms with E-state index in [1.54, 1.807) is 0 Å². The highest BCUT2D eigenvalue weighted by molar-refractivity contribution is 4.79. The third-order valence-corrected chi connectivity index (χ3v) is 11.3. The molecule has 0 spiro atoms. The average Bonchev–Trinajstić information content (AvgIpc) is 2.96. The summed E-state index contributed by atoms with van der Waals surface area (Å²) in [5.74, 6) is 4.72. The Morgan fingerprint density at radius 3 is 1.20 bits per heavy atom. The maximum absolute atomic E-state index is 2.73. The lowest BCUT2D eigenvalue weighted by atomic mass is 9.86. The van der Waals surface area contributed by atoms with Crippen LogP contribution in [0.4, 0.5) is 0 Å². The molecule has 4 heterocycles. The fraction of sp³-hybridized carbons (Fsp3) is 1.00. The largest absolute Gasteiger partial charge is 0.303 e. The highest BCUT2D eigenvalue weighted by Gasteiger charge is 2.25. The maximum Gasteiger partial charge on any atom is 0.0113 e. The highest BCUT2D eigenvalue weighted by Crippen LogP contribution is 2.27. The fourth-order valence-corrected chi connectivity index (χ4v) is 7.60. The van der Waals surface area contributed by atoms with Gasteiger partial charge in [0.05, 0.1) is 0 Å². The molecule has 0 saturated carbocycles. The molecule has 0 unspecified atom stereocenters. The lowest BCUT2D eigenvalue weighted by molar-refractivity contribution is 0.0887. The quantitative estimate of drug-likeness (QED) is 0.313. The van der Waals surface area contributed by atoms with Gasteiger partial charge in [-0.2, -0.15) is 0 Å². The summed E-state index contributed by atoms with van der Waals surface area (Å²) in [6.45, 7) is 35.8. The van der Waals surface area contributed by atoms with Crippen LogP contribution >= 0.6 is 0 Å². The van der Waals surface area contributed by atoms with E-state index in [1.165, 1.54) is 130 Å². The van der Waals surface area contributed by atoms with E-state index in [1.807, 2.05) is 0 Å². The number of hydrogen-bond acceptors (Lipinski definition) is 5. The van der Waals surface area contributed by atoms with Gasteiger partial charge < -0.3 is 14.7 Å². The molecule has 0 aromatic carbocycles. The predicted octanol–water partition coefficient (Wildman–Crippen LogP) is 6.25. The van der Waals surface area contributed by atoms with Crippen LogP contribution in [0.15, 0.2) is 0 Å². The first-order valence-corrected chi connectivity index (χ1v) is 17.8. The number of rotatable bonds is 10. The SMILES string of the molecule is CC(C)C1CCN(CCC2CCN(C(C)C)CC2)CC1.CC(C)C1CCN(CCN2CCN(C(C)C)CC2)CC1. The molecular weight excluding hydrogens is 490 g/mol. The lowest BCUT2D eigenvalue weighted by Gasteiger charge is -2.39. The maximum atomic E-state index is 2.73. The summed E-state index contributed by atoms with van der Waals surface area (Å²) in [6, 6.07) is 1.46. The van der Waals surface area contributed by atoms with Crippen LogP contribution in [-0.4, -0.2) is 122 Å². The van der Waals surface area contributed by atoms with Crippen LogP contribution in [0.3, 0.4) is 0 Å². The first-order chi connectivity index (χ1) is 19.1. The van der Waals surface area contributed by atoms with Crippen molar-refractivity contribution >= 4 is 0 Å². The predicted molar refractivity (Wildman–Crippen MR) is 175 cm³/mol. The van der Waals surface area contributed by atoms with Gasteiger partial charge >= 0.3 is 0 Å². The molecule has 5 nitrogen and oxygen atoms in total. The second-order valence-corrected chi connectivity index (χ2v) is 15.2. The van der Waals surface area contributed by atoms with E-state index in [-0.39, 0.29) is 0 Å². The fourth-order valence-electron chi connectivity index (χ4n) is 7.60. The number of nitrogens with zero attached hydrogens (tertiary/aromatic N) is 5. The molecule has 0 bridgehead atoms. The second kappa shape index (κ2) is 17.8. The van der Waals surface area contributed by atoms with Crippen molar-refractivity contribution in [2.45, 2.75) is 112 Å². The van der Waals surface area contributed by atoms with Gasteiger partial charge in [-0.25, -0.2) is 0 Å². The number of piperazine rings is 1. The molecule has 4 aliphatic rings. The average molecular weight is 562 g/mol. The van der Waals surface area contributed by atoms with Gasteiger partial charge in [-0.15, -0.1) is 0 Å². The van der Waals surface area contributed by atoms with Crippen LogP contribution in [-0.2, 0) is 0 Å². The smallest absolute Gasteiger partial charge is 0.0113 e. The van der Waals surface area contributed by atoms with Gasteiger partial charge in [0.25, 0.3) is 0 Å². The zero-order valence-corrected chi connectivity index (χ0v) is 28.4. The minimum atomic E-state index is 0.715. The van der Waals surface area contributed by atoms with Crippen LogP contribution in [0, 0.1) is 29.6 Å². The van der Waals surface area contributed by atoms with Crippen molar-refractivity contribution in [2.24, 2.45) is 29.6 Å². The Labute approximate surface area is 251 Å². The second-order valence-electron chi connectivity index (χ2n) is 15.2. The first kappa shape index (κ1) is 34.3. The Morgan fingerprint density at radius 1 is 0.425 bits per heavy atom. The zero-order chi connectivity index (χ0) is 29.1. The van der Waals surface area contributed by atoms with E-state index in [2.05, 4.69) is 79.9 Å². The molecule has 0 radical (unpaired) electrons. The van der Waals surface area contributed by atoms with E-state index in [4.69, 9.17) is 0 Å². The molecule has 0 N–H and O–H groups in total. The van der Waals surface area contributed by atoms with E-state index in [0.717, 1.165) is 35.6 Å². The van der Waals surface area contributed by atoms with E-state index >= 15 is 0 Å². The summed E-state index contributed by atoms with van der Waals surface area (Å²) in [5.41, 5.74) is 0. The van der Waals surface area contributed by atoms with Gasteiger partial charge in [0.15, 0.2) is 0 Å². The Kier molecular flexibility index (Phi) is 15.3. The molecule has 0 amide bonds. The zero-order valence-electron chi connectivity index (χ0n) is 28.4. The monoisotopic (exact) mass is 562 g/mol. The molecular formula is C35H71N5. The summed E-state index contributed by atoms with van der Waals surface area (Å²) >= 11 is 0. The van der Waals surface area contributed by atoms with Crippen molar-refractivity contribution in [3.8, 4) is 0 Å². The van der Waals surface area contributed by atoms with E-state index in [0.29, 0.717) is 6.04 Å². The van der Waals surface area contributed by atoms with Crippen molar-refractivity contribution in [1.29, 1.82) is 0 Å². The van der Waals surface area contributed by atoms with Crippen LogP contribution < -0.4 is 0 Å². The highest BCUT2D eigenvalue weighted by atomic mass is 15.3. The number of hydrogen-bond donors (Lipinski definition) is 0. The van der Waals surface area contributed by atoms with Crippen LogP contribution in [0.25, 0.3) is 0 Å². The van der Waals surface area contributed by atoms with Crippen molar-refractivity contribution in [2.75, 3.05) is 85.1 Å². The number of likely N-dealkylation sites (tertiary alicyclic amines) is 3. The van der Waals surface area contributed by atoms with E-state index < -0.39 is 0 Å². The van der Waals surface area contributed by atoms with Crippen LogP contribution in [0.2, 0.25) is 0 Å². The molecule has 5 heteroatoms. The summed E-state index contributed by atoms with van der Waals surface area (Å²) < 4.78 is 0. The summed E-state index contributed by atoms with van der Waals surface area (Å²) in [7, 11) is 0. The van der Waals surface area contributed by atoms with Crippen molar-refractivity contribution in [1.82, 2.24) is 24.5 Å². The topological polar surface area (TPSA) is 16.2 Å². The van der Waals surface area contributed by atoms with Gasteiger partial charge in [-0.05, 0) is 148 Å². The molecule has 4 fully saturated rings. The molecule has 0 aromatic rings. The minimum absolute atomic E-state index is 0.715. The minimum Gasteiger partial charge on any atom is -0.303 e. The molecule has 4 rings (SSSR count). The molecule has 0 atom stereocenters. The molecule has 4 saturated heterocycles. The lowest BCUT2D eigenvalue weighted by Crippen LogP contribution is -2.50. The molecule has 0 aromatic heterocycles. The van der Waals surface area contributed by atoms with Gasteiger partial charge in [0, 0.05) is 51.4 Å². The molecule has 236 valence electrons. The van der Waals surface area contributed by atoms with Crippen molar-refractivity contribution < 1.29 is 0 Å². The van der Waals surface area contributed by atoms with Gasteiger partial charge in [0.2, 0.25) is 0 Å². The molecule has 40 heavy (non-hydrogen) atoms. The van der Waals surface area contributed by atoms with Crippen molar-refractivity contribution in [3.05, 3.63) is 0 Å². The Morgan fingerprint density at radius 2 is 0.800 bits per heavy atom. The van der Waals surface area contributed by atoms with Crippen LogP contribution in [0.5, 0.6) is 0 Å². The summed E-state index contributed by atoms with van der Waals surface area (Å²) in [6.07, 6.45) is 10.0. The Hall–Kier alpha value is -0.200. The van der Waals surface area contributed by atoms with Crippen molar-refractivity contribution in [3.63, 3.8) is 0 Å². The van der Waals surface area contributed by atoms with Gasteiger partial charge in [0.1, 0.15) is 0 Å². The summed E-state index contributed by atoms with van der Waals surface area (Å²) in [5, 5.41) is 0. The third kappa shape index (κ3) is 11.8.